The van der Waals surface area contributed by atoms with Crippen molar-refractivity contribution >= 4 is 11.6 Å². The lowest BCUT2D eigenvalue weighted by Crippen LogP contribution is -2.14. The molecule has 0 atom stereocenters. The summed E-state index contributed by atoms with van der Waals surface area (Å²) in [7, 11) is 1.90. The molecule has 0 saturated heterocycles. The van der Waals surface area contributed by atoms with E-state index in [1.165, 1.54) is 12.8 Å². The summed E-state index contributed by atoms with van der Waals surface area (Å²) in [4.78, 5) is 9.11. The van der Waals surface area contributed by atoms with E-state index < -0.39 is 0 Å². The molecule has 0 aliphatic heterocycles. The van der Waals surface area contributed by atoms with Crippen LogP contribution in [0.5, 0.6) is 0 Å². The fraction of sp³-hybridized carbons (Fsp3) is 0.714. The van der Waals surface area contributed by atoms with Crippen molar-refractivity contribution in [3.05, 3.63) is 11.9 Å². The highest BCUT2D eigenvalue weighted by Crippen LogP contribution is 2.38. The molecule has 1 saturated carbocycles. The molecule has 2 rings (SSSR count). The van der Waals surface area contributed by atoms with Gasteiger partial charge in [0.2, 0.25) is 0 Å². The second-order valence-corrected chi connectivity index (χ2v) is 6.26. The summed E-state index contributed by atoms with van der Waals surface area (Å²) in [5, 5.41) is 6.51. The zero-order chi connectivity index (χ0) is 13.2. The molecule has 1 aromatic rings. The lowest BCUT2D eigenvalue weighted by Gasteiger charge is -2.18. The number of nitrogens with zero attached hydrogens (tertiary/aromatic N) is 2. The van der Waals surface area contributed by atoms with Gasteiger partial charge >= 0.3 is 0 Å². The normalized spacial score (nSPS) is 15.6. The molecule has 0 bridgehead atoms. The Hall–Kier alpha value is -1.32. The SMILES string of the molecule is CNc1cc(NCCC(C)(C)C)nc(C2CC2)n1. The zero-order valence-corrected chi connectivity index (χ0v) is 11.9. The average Bonchev–Trinajstić information content (AvgIpc) is 3.10. The molecule has 1 heterocycles. The van der Waals surface area contributed by atoms with E-state index in [2.05, 4.69) is 41.4 Å². The highest BCUT2D eigenvalue weighted by Gasteiger charge is 2.27. The van der Waals surface area contributed by atoms with E-state index in [0.29, 0.717) is 11.3 Å². The van der Waals surface area contributed by atoms with E-state index in [4.69, 9.17) is 0 Å². The Bertz CT molecular complexity index is 405. The molecule has 18 heavy (non-hydrogen) atoms. The van der Waals surface area contributed by atoms with E-state index in [9.17, 15) is 0 Å². The number of anilines is 2. The van der Waals surface area contributed by atoms with Crippen LogP contribution in [0.2, 0.25) is 0 Å². The fourth-order valence-corrected chi connectivity index (χ4v) is 1.77. The van der Waals surface area contributed by atoms with Crippen molar-refractivity contribution < 1.29 is 0 Å². The molecule has 100 valence electrons. The second-order valence-electron chi connectivity index (χ2n) is 6.26. The maximum absolute atomic E-state index is 4.60. The molecule has 1 aromatic heterocycles. The largest absolute Gasteiger partial charge is 0.373 e. The summed E-state index contributed by atoms with van der Waals surface area (Å²) in [5.74, 6) is 3.42. The number of nitrogens with one attached hydrogen (secondary N) is 2. The third kappa shape index (κ3) is 3.86. The molecule has 1 fully saturated rings. The molecule has 0 aromatic carbocycles. The van der Waals surface area contributed by atoms with Crippen molar-refractivity contribution in [2.45, 2.75) is 46.0 Å². The summed E-state index contributed by atoms with van der Waals surface area (Å²) in [6.45, 7) is 7.71. The molecule has 0 unspecified atom stereocenters. The van der Waals surface area contributed by atoms with E-state index in [0.717, 1.165) is 30.4 Å². The van der Waals surface area contributed by atoms with E-state index in [1.54, 1.807) is 0 Å². The maximum atomic E-state index is 4.60. The summed E-state index contributed by atoms with van der Waals surface area (Å²) in [6, 6.07) is 1.98. The molecule has 1 aliphatic rings. The van der Waals surface area contributed by atoms with Gasteiger partial charge < -0.3 is 10.6 Å². The Morgan fingerprint density at radius 2 is 1.89 bits per heavy atom. The average molecular weight is 248 g/mol. The first kappa shape index (κ1) is 13.1. The van der Waals surface area contributed by atoms with Crippen molar-refractivity contribution in [3.63, 3.8) is 0 Å². The Morgan fingerprint density at radius 1 is 1.22 bits per heavy atom. The molecule has 4 heteroatoms. The van der Waals surface area contributed by atoms with Crippen LogP contribution >= 0.6 is 0 Å². The first-order valence-corrected chi connectivity index (χ1v) is 6.78. The Balaban J connectivity index is 2.00. The zero-order valence-electron chi connectivity index (χ0n) is 11.9. The van der Waals surface area contributed by atoms with Crippen molar-refractivity contribution in [3.8, 4) is 0 Å². The first-order chi connectivity index (χ1) is 8.48. The van der Waals surface area contributed by atoms with Gasteiger partial charge in [0, 0.05) is 25.6 Å². The molecule has 0 radical (unpaired) electrons. The minimum absolute atomic E-state index is 0.352. The van der Waals surface area contributed by atoms with Gasteiger partial charge in [-0.1, -0.05) is 20.8 Å². The smallest absolute Gasteiger partial charge is 0.136 e. The van der Waals surface area contributed by atoms with Crippen LogP contribution in [-0.4, -0.2) is 23.6 Å². The van der Waals surface area contributed by atoms with Crippen molar-refractivity contribution in [2.75, 3.05) is 24.2 Å². The Labute approximate surface area is 110 Å². The quantitative estimate of drug-likeness (QED) is 0.840. The molecule has 2 N–H and O–H groups in total. The van der Waals surface area contributed by atoms with Gasteiger partial charge in [0.15, 0.2) is 0 Å². The van der Waals surface area contributed by atoms with Crippen molar-refractivity contribution in [1.82, 2.24) is 9.97 Å². The predicted molar refractivity (Wildman–Crippen MR) is 76.1 cm³/mol. The van der Waals surface area contributed by atoms with E-state index in [1.807, 2.05) is 13.1 Å². The third-order valence-electron chi connectivity index (χ3n) is 3.12. The number of hydrogen-bond acceptors (Lipinski definition) is 4. The standard InChI is InChI=1S/C14H24N4/c1-14(2,3)7-8-16-12-9-11(15-4)17-13(18-12)10-5-6-10/h9-10H,5-8H2,1-4H3,(H2,15,16,17,18). The molecule has 0 spiro atoms. The third-order valence-corrected chi connectivity index (χ3v) is 3.12. The highest BCUT2D eigenvalue weighted by atomic mass is 15.1. The molecule has 1 aliphatic carbocycles. The molecule has 0 amide bonds. The number of rotatable bonds is 5. The lowest BCUT2D eigenvalue weighted by atomic mass is 9.92. The predicted octanol–water partition coefficient (Wildman–Crippen LogP) is 3.24. The lowest BCUT2D eigenvalue weighted by molar-refractivity contribution is 0.389. The van der Waals surface area contributed by atoms with Gasteiger partial charge in [-0.05, 0) is 24.7 Å². The number of aromatic nitrogens is 2. The van der Waals surface area contributed by atoms with Gasteiger partial charge in [0.05, 0.1) is 0 Å². The first-order valence-electron chi connectivity index (χ1n) is 6.78. The van der Waals surface area contributed by atoms with Crippen LogP contribution in [-0.2, 0) is 0 Å². The van der Waals surface area contributed by atoms with E-state index >= 15 is 0 Å². The van der Waals surface area contributed by atoms with Crippen LogP contribution in [0.25, 0.3) is 0 Å². The van der Waals surface area contributed by atoms with Crippen LogP contribution in [0.4, 0.5) is 11.6 Å². The van der Waals surface area contributed by atoms with Crippen LogP contribution in [0.1, 0.15) is 51.8 Å². The maximum Gasteiger partial charge on any atom is 0.136 e. The minimum atomic E-state index is 0.352. The van der Waals surface area contributed by atoms with Crippen LogP contribution in [0, 0.1) is 5.41 Å². The molecular formula is C14H24N4. The Morgan fingerprint density at radius 3 is 2.44 bits per heavy atom. The van der Waals surface area contributed by atoms with Crippen LogP contribution < -0.4 is 10.6 Å². The van der Waals surface area contributed by atoms with Crippen LogP contribution in [0.3, 0.4) is 0 Å². The van der Waals surface area contributed by atoms with Gasteiger partial charge in [-0.15, -0.1) is 0 Å². The molecular weight excluding hydrogens is 224 g/mol. The van der Waals surface area contributed by atoms with Gasteiger partial charge in [-0.25, -0.2) is 9.97 Å². The molecule has 4 nitrogen and oxygen atoms in total. The highest BCUT2D eigenvalue weighted by molar-refractivity contribution is 5.47. The van der Waals surface area contributed by atoms with Gasteiger partial charge in [-0.3, -0.25) is 0 Å². The topological polar surface area (TPSA) is 49.8 Å². The fourth-order valence-electron chi connectivity index (χ4n) is 1.77. The summed E-state index contributed by atoms with van der Waals surface area (Å²) >= 11 is 0. The number of hydrogen-bond donors (Lipinski definition) is 2. The van der Waals surface area contributed by atoms with Gasteiger partial charge in [0.25, 0.3) is 0 Å². The van der Waals surface area contributed by atoms with E-state index in [-0.39, 0.29) is 0 Å². The van der Waals surface area contributed by atoms with Crippen LogP contribution in [0.15, 0.2) is 6.07 Å². The van der Waals surface area contributed by atoms with Crippen molar-refractivity contribution in [1.29, 1.82) is 0 Å². The second kappa shape index (κ2) is 5.12. The monoisotopic (exact) mass is 248 g/mol. The summed E-state index contributed by atoms with van der Waals surface area (Å²) in [5.41, 5.74) is 0.352. The minimum Gasteiger partial charge on any atom is -0.373 e. The van der Waals surface area contributed by atoms with Gasteiger partial charge in [-0.2, -0.15) is 0 Å². The van der Waals surface area contributed by atoms with Crippen molar-refractivity contribution in [2.24, 2.45) is 5.41 Å². The van der Waals surface area contributed by atoms with Gasteiger partial charge in [0.1, 0.15) is 17.5 Å². The summed E-state index contributed by atoms with van der Waals surface area (Å²) < 4.78 is 0. The Kier molecular flexibility index (Phi) is 3.73. The summed E-state index contributed by atoms with van der Waals surface area (Å²) in [6.07, 6.45) is 3.59.